The van der Waals surface area contributed by atoms with Gasteiger partial charge in [0.25, 0.3) is 11.6 Å². The SMILES string of the molecule is Cc1csc(Sc2ccc(C(=O)N3CCCN(C)CC3)cc2[N+](=O)[O-])n1. The molecule has 0 bridgehead atoms. The van der Waals surface area contributed by atoms with Crippen molar-refractivity contribution in [2.45, 2.75) is 22.6 Å². The Morgan fingerprint density at radius 1 is 1.31 bits per heavy atom. The van der Waals surface area contributed by atoms with Gasteiger partial charge in [-0.2, -0.15) is 0 Å². The van der Waals surface area contributed by atoms with Crippen LogP contribution in [0.3, 0.4) is 0 Å². The standard InChI is InChI=1S/C17H20N4O3S2/c1-12-11-25-17(18-12)26-15-5-4-13(10-14(15)21(23)24)16(22)20-7-3-6-19(2)8-9-20/h4-5,10-11H,3,6-9H2,1-2H3. The van der Waals surface area contributed by atoms with E-state index in [4.69, 9.17) is 0 Å². The molecule has 2 aromatic rings. The number of benzene rings is 1. The summed E-state index contributed by atoms with van der Waals surface area (Å²) >= 11 is 2.71. The number of nitro benzene ring substituents is 1. The van der Waals surface area contributed by atoms with Crippen molar-refractivity contribution in [3.05, 3.63) is 45.0 Å². The van der Waals surface area contributed by atoms with Crippen molar-refractivity contribution in [1.29, 1.82) is 0 Å². The van der Waals surface area contributed by atoms with Crippen LogP contribution in [0, 0.1) is 17.0 Å². The van der Waals surface area contributed by atoms with Gasteiger partial charge in [0.15, 0.2) is 4.34 Å². The summed E-state index contributed by atoms with van der Waals surface area (Å²) in [5, 5.41) is 13.4. The summed E-state index contributed by atoms with van der Waals surface area (Å²) in [6.45, 7) is 4.96. The third-order valence-corrected chi connectivity index (χ3v) is 6.33. The monoisotopic (exact) mass is 392 g/mol. The summed E-state index contributed by atoms with van der Waals surface area (Å²) in [4.78, 5) is 32.6. The average Bonchev–Trinajstić information content (AvgIpc) is 2.89. The molecule has 1 aliphatic rings. The lowest BCUT2D eigenvalue weighted by Crippen LogP contribution is -2.34. The Balaban J connectivity index is 1.83. The Bertz CT molecular complexity index is 824. The Hall–Kier alpha value is -1.97. The lowest BCUT2D eigenvalue weighted by molar-refractivity contribution is -0.387. The van der Waals surface area contributed by atoms with Crippen molar-refractivity contribution in [3.63, 3.8) is 0 Å². The van der Waals surface area contributed by atoms with E-state index in [0.717, 1.165) is 29.5 Å². The molecule has 26 heavy (non-hydrogen) atoms. The molecule has 0 spiro atoms. The molecule has 1 aromatic heterocycles. The third kappa shape index (κ3) is 4.40. The second-order valence-electron chi connectivity index (χ2n) is 6.25. The van der Waals surface area contributed by atoms with Gasteiger partial charge in [-0.1, -0.05) is 11.8 Å². The Kier molecular flexibility index (Phi) is 5.90. The van der Waals surface area contributed by atoms with Crippen LogP contribution >= 0.6 is 23.1 Å². The number of amides is 1. The van der Waals surface area contributed by atoms with Gasteiger partial charge in [0.05, 0.1) is 9.82 Å². The fourth-order valence-corrected chi connectivity index (χ4v) is 4.66. The van der Waals surface area contributed by atoms with E-state index in [1.165, 1.54) is 29.2 Å². The average molecular weight is 393 g/mol. The lowest BCUT2D eigenvalue weighted by atomic mass is 10.1. The predicted octanol–water partition coefficient (Wildman–Crippen LogP) is 3.29. The molecule has 1 amide bonds. The molecule has 0 radical (unpaired) electrons. The first-order chi connectivity index (χ1) is 12.4. The molecular weight excluding hydrogens is 372 g/mol. The van der Waals surface area contributed by atoms with Gasteiger partial charge in [-0.05, 0) is 39.1 Å². The zero-order valence-corrected chi connectivity index (χ0v) is 16.3. The third-order valence-electron chi connectivity index (χ3n) is 4.20. The first-order valence-electron chi connectivity index (χ1n) is 8.30. The van der Waals surface area contributed by atoms with Crippen LogP contribution in [0.1, 0.15) is 22.5 Å². The Labute approximate surface area is 160 Å². The maximum atomic E-state index is 12.8. The quantitative estimate of drug-likeness (QED) is 0.587. The van der Waals surface area contributed by atoms with E-state index in [-0.39, 0.29) is 11.6 Å². The molecule has 7 nitrogen and oxygen atoms in total. The molecule has 1 aliphatic heterocycles. The second kappa shape index (κ2) is 8.15. The van der Waals surface area contributed by atoms with Crippen LogP contribution < -0.4 is 0 Å². The molecular formula is C17H20N4O3S2. The molecule has 0 atom stereocenters. The van der Waals surface area contributed by atoms with E-state index >= 15 is 0 Å². The zero-order valence-electron chi connectivity index (χ0n) is 14.7. The summed E-state index contributed by atoms with van der Waals surface area (Å²) in [7, 11) is 2.03. The molecule has 138 valence electrons. The maximum Gasteiger partial charge on any atom is 0.284 e. The van der Waals surface area contributed by atoms with E-state index in [1.807, 2.05) is 19.4 Å². The van der Waals surface area contributed by atoms with Crippen molar-refractivity contribution < 1.29 is 9.72 Å². The van der Waals surface area contributed by atoms with Gasteiger partial charge in [0.1, 0.15) is 0 Å². The Morgan fingerprint density at radius 2 is 2.12 bits per heavy atom. The molecule has 1 aromatic carbocycles. The van der Waals surface area contributed by atoms with Gasteiger partial charge in [-0.25, -0.2) is 4.98 Å². The van der Waals surface area contributed by atoms with Crippen molar-refractivity contribution in [2.24, 2.45) is 0 Å². The molecule has 0 aliphatic carbocycles. The minimum Gasteiger partial charge on any atom is -0.337 e. The fraction of sp³-hybridized carbons (Fsp3) is 0.412. The van der Waals surface area contributed by atoms with E-state index in [2.05, 4.69) is 9.88 Å². The minimum atomic E-state index is -0.435. The molecule has 1 saturated heterocycles. The van der Waals surface area contributed by atoms with Crippen LogP contribution in [0.25, 0.3) is 0 Å². The number of carbonyl (C=O) groups excluding carboxylic acids is 1. The Morgan fingerprint density at radius 3 is 2.81 bits per heavy atom. The number of carbonyl (C=O) groups is 1. The molecule has 3 rings (SSSR count). The summed E-state index contributed by atoms with van der Waals surface area (Å²) in [6.07, 6.45) is 0.904. The number of likely N-dealkylation sites (N-methyl/N-ethyl adjacent to an activating group) is 1. The van der Waals surface area contributed by atoms with Crippen molar-refractivity contribution >= 4 is 34.7 Å². The molecule has 1 fully saturated rings. The van der Waals surface area contributed by atoms with Crippen LogP contribution in [0.15, 0.2) is 32.8 Å². The number of hydrogen-bond donors (Lipinski definition) is 0. The highest BCUT2D eigenvalue weighted by atomic mass is 32.2. The first-order valence-corrected chi connectivity index (χ1v) is 10.00. The lowest BCUT2D eigenvalue weighted by Gasteiger charge is -2.20. The van der Waals surface area contributed by atoms with E-state index in [9.17, 15) is 14.9 Å². The zero-order chi connectivity index (χ0) is 18.7. The molecule has 0 N–H and O–H groups in total. The maximum absolute atomic E-state index is 12.8. The summed E-state index contributed by atoms with van der Waals surface area (Å²) < 4.78 is 0.750. The van der Waals surface area contributed by atoms with Gasteiger partial charge in [0.2, 0.25) is 0 Å². The highest BCUT2D eigenvalue weighted by Gasteiger charge is 2.23. The predicted molar refractivity (Wildman–Crippen MR) is 102 cm³/mol. The number of rotatable bonds is 4. The van der Waals surface area contributed by atoms with E-state index in [1.54, 1.807) is 17.0 Å². The number of hydrogen-bond acceptors (Lipinski definition) is 7. The molecule has 0 unspecified atom stereocenters. The fourth-order valence-electron chi connectivity index (χ4n) is 2.78. The molecule has 0 saturated carbocycles. The molecule has 9 heteroatoms. The van der Waals surface area contributed by atoms with Crippen LogP contribution in [-0.2, 0) is 0 Å². The second-order valence-corrected chi connectivity index (χ2v) is 8.39. The van der Waals surface area contributed by atoms with Gasteiger partial charge >= 0.3 is 0 Å². The van der Waals surface area contributed by atoms with Crippen LogP contribution in [0.2, 0.25) is 0 Å². The van der Waals surface area contributed by atoms with Gasteiger partial charge < -0.3 is 9.80 Å². The topological polar surface area (TPSA) is 79.6 Å². The number of aryl methyl sites for hydroxylation is 1. The van der Waals surface area contributed by atoms with E-state index in [0.29, 0.717) is 23.5 Å². The number of aromatic nitrogens is 1. The smallest absolute Gasteiger partial charge is 0.284 e. The summed E-state index contributed by atoms with van der Waals surface area (Å²) in [5.74, 6) is -0.148. The normalized spacial score (nSPS) is 15.7. The largest absolute Gasteiger partial charge is 0.337 e. The highest BCUT2D eigenvalue weighted by Crippen LogP contribution is 2.37. The molecule has 2 heterocycles. The highest BCUT2D eigenvalue weighted by molar-refractivity contribution is 8.01. The van der Waals surface area contributed by atoms with Crippen LogP contribution in [-0.4, -0.2) is 58.8 Å². The number of nitrogens with zero attached hydrogens (tertiary/aromatic N) is 4. The van der Waals surface area contributed by atoms with Gasteiger partial charge in [-0.15, -0.1) is 11.3 Å². The minimum absolute atomic E-state index is 0.0550. The van der Waals surface area contributed by atoms with Gasteiger partial charge in [0, 0.05) is 42.3 Å². The number of nitro groups is 1. The summed E-state index contributed by atoms with van der Waals surface area (Å²) in [5.41, 5.74) is 1.19. The van der Waals surface area contributed by atoms with Gasteiger partial charge in [-0.3, -0.25) is 14.9 Å². The number of thiazole rings is 1. The summed E-state index contributed by atoms with van der Waals surface area (Å²) in [6, 6.07) is 4.71. The van der Waals surface area contributed by atoms with Crippen molar-refractivity contribution in [3.8, 4) is 0 Å². The first kappa shape index (κ1) is 18.8. The van der Waals surface area contributed by atoms with Crippen LogP contribution in [0.4, 0.5) is 5.69 Å². The van der Waals surface area contributed by atoms with Crippen molar-refractivity contribution in [2.75, 3.05) is 33.2 Å². The van der Waals surface area contributed by atoms with Crippen LogP contribution in [0.5, 0.6) is 0 Å². The van der Waals surface area contributed by atoms with E-state index < -0.39 is 4.92 Å². The van der Waals surface area contributed by atoms with Crippen molar-refractivity contribution in [1.82, 2.24) is 14.8 Å².